The summed E-state index contributed by atoms with van der Waals surface area (Å²) in [7, 11) is 0. The summed E-state index contributed by atoms with van der Waals surface area (Å²) in [6, 6.07) is 12.6. The largest absolute Gasteiger partial charge is 0.494 e. The Morgan fingerprint density at radius 1 is 1.08 bits per heavy atom. The number of halogens is 1. The predicted octanol–water partition coefficient (Wildman–Crippen LogP) is 4.79. The molecule has 1 N–H and O–H groups in total. The van der Waals surface area contributed by atoms with E-state index >= 15 is 0 Å². The molecule has 6 heteroatoms. The van der Waals surface area contributed by atoms with E-state index in [1.165, 1.54) is 0 Å². The fraction of sp³-hybridized carbons (Fsp3) is 0.300. The Labute approximate surface area is 162 Å². The lowest BCUT2D eigenvalue weighted by atomic mass is 10.2. The molecular weight excluding hydrogens is 396 g/mol. The van der Waals surface area contributed by atoms with E-state index in [1.54, 1.807) is 30.5 Å². The summed E-state index contributed by atoms with van der Waals surface area (Å²) in [6.45, 7) is 5.38. The number of ether oxygens (including phenoxy) is 2. The molecule has 26 heavy (non-hydrogen) atoms. The van der Waals surface area contributed by atoms with E-state index in [9.17, 15) is 4.79 Å². The molecule has 1 amide bonds. The normalized spacial score (nSPS) is 10.7. The summed E-state index contributed by atoms with van der Waals surface area (Å²) in [4.78, 5) is 12.2. The van der Waals surface area contributed by atoms with Gasteiger partial charge in [-0.05, 0) is 55.3 Å². The SMILES string of the molecule is CCCOc1ccc(C(=O)N/N=C/c2cc(Br)ccc2OCCC)cc1. The molecule has 0 spiro atoms. The van der Waals surface area contributed by atoms with Crippen molar-refractivity contribution >= 4 is 28.1 Å². The number of benzene rings is 2. The van der Waals surface area contributed by atoms with Crippen molar-refractivity contribution in [3.8, 4) is 11.5 Å². The van der Waals surface area contributed by atoms with Gasteiger partial charge < -0.3 is 9.47 Å². The van der Waals surface area contributed by atoms with Crippen molar-refractivity contribution in [2.75, 3.05) is 13.2 Å². The highest BCUT2D eigenvalue weighted by Gasteiger charge is 2.06. The first-order valence-electron chi connectivity index (χ1n) is 8.62. The molecule has 0 heterocycles. The minimum absolute atomic E-state index is 0.283. The molecular formula is C20H23BrN2O3. The van der Waals surface area contributed by atoms with Gasteiger partial charge in [-0.15, -0.1) is 0 Å². The molecule has 2 aromatic rings. The van der Waals surface area contributed by atoms with Crippen LogP contribution in [0.3, 0.4) is 0 Å². The van der Waals surface area contributed by atoms with Gasteiger partial charge in [0.15, 0.2) is 0 Å². The summed E-state index contributed by atoms with van der Waals surface area (Å²) in [5, 5.41) is 4.04. The van der Waals surface area contributed by atoms with E-state index in [4.69, 9.17) is 9.47 Å². The molecule has 0 aliphatic rings. The van der Waals surface area contributed by atoms with E-state index in [1.807, 2.05) is 32.0 Å². The van der Waals surface area contributed by atoms with Crippen molar-refractivity contribution in [3.63, 3.8) is 0 Å². The fourth-order valence-electron chi connectivity index (χ4n) is 2.11. The molecule has 2 rings (SSSR count). The van der Waals surface area contributed by atoms with E-state index in [0.29, 0.717) is 18.8 Å². The highest BCUT2D eigenvalue weighted by molar-refractivity contribution is 9.10. The van der Waals surface area contributed by atoms with Gasteiger partial charge in [-0.2, -0.15) is 5.10 Å². The van der Waals surface area contributed by atoms with Gasteiger partial charge in [0.25, 0.3) is 5.91 Å². The molecule has 0 saturated heterocycles. The Morgan fingerprint density at radius 3 is 2.46 bits per heavy atom. The van der Waals surface area contributed by atoms with Crippen LogP contribution in [-0.4, -0.2) is 25.3 Å². The third kappa shape index (κ3) is 6.19. The van der Waals surface area contributed by atoms with Gasteiger partial charge in [-0.1, -0.05) is 29.8 Å². The number of hydrogen-bond acceptors (Lipinski definition) is 4. The summed E-state index contributed by atoms with van der Waals surface area (Å²) in [6.07, 6.45) is 3.43. The van der Waals surface area contributed by atoms with E-state index in [2.05, 4.69) is 26.5 Å². The number of hydrogen-bond donors (Lipinski definition) is 1. The number of nitrogens with one attached hydrogen (secondary N) is 1. The van der Waals surface area contributed by atoms with Gasteiger partial charge in [-0.25, -0.2) is 5.43 Å². The summed E-state index contributed by atoms with van der Waals surface area (Å²) < 4.78 is 12.1. The van der Waals surface area contributed by atoms with Gasteiger partial charge in [0.1, 0.15) is 11.5 Å². The monoisotopic (exact) mass is 418 g/mol. The van der Waals surface area contributed by atoms with Crippen molar-refractivity contribution in [1.82, 2.24) is 5.43 Å². The summed E-state index contributed by atoms with van der Waals surface area (Å²) in [5.41, 5.74) is 3.84. The lowest BCUT2D eigenvalue weighted by Gasteiger charge is -2.08. The van der Waals surface area contributed by atoms with Crippen molar-refractivity contribution in [2.24, 2.45) is 5.10 Å². The van der Waals surface area contributed by atoms with Crippen molar-refractivity contribution in [1.29, 1.82) is 0 Å². The van der Waals surface area contributed by atoms with Crippen molar-refractivity contribution < 1.29 is 14.3 Å². The molecule has 138 valence electrons. The molecule has 0 bridgehead atoms. The van der Waals surface area contributed by atoms with Crippen LogP contribution >= 0.6 is 15.9 Å². The van der Waals surface area contributed by atoms with E-state index in [0.717, 1.165) is 34.4 Å². The van der Waals surface area contributed by atoms with Crippen LogP contribution in [0.15, 0.2) is 52.0 Å². The summed E-state index contributed by atoms with van der Waals surface area (Å²) in [5.74, 6) is 1.19. The first-order valence-corrected chi connectivity index (χ1v) is 9.42. The van der Waals surface area contributed by atoms with Crippen LogP contribution in [0.4, 0.5) is 0 Å². The lowest BCUT2D eigenvalue weighted by Crippen LogP contribution is -2.17. The zero-order valence-electron chi connectivity index (χ0n) is 15.0. The van der Waals surface area contributed by atoms with Crippen LogP contribution in [-0.2, 0) is 0 Å². The zero-order chi connectivity index (χ0) is 18.8. The lowest BCUT2D eigenvalue weighted by molar-refractivity contribution is 0.0955. The van der Waals surface area contributed by atoms with Crippen LogP contribution in [0.1, 0.15) is 42.6 Å². The maximum Gasteiger partial charge on any atom is 0.271 e. The van der Waals surface area contributed by atoms with Gasteiger partial charge >= 0.3 is 0 Å². The van der Waals surface area contributed by atoms with Crippen LogP contribution in [0.25, 0.3) is 0 Å². The van der Waals surface area contributed by atoms with Crippen LogP contribution in [0, 0.1) is 0 Å². The van der Waals surface area contributed by atoms with Crippen molar-refractivity contribution in [2.45, 2.75) is 26.7 Å². The van der Waals surface area contributed by atoms with E-state index < -0.39 is 0 Å². The number of carbonyl (C=O) groups excluding carboxylic acids is 1. The molecule has 0 radical (unpaired) electrons. The number of hydrazone groups is 1. The molecule has 0 aliphatic carbocycles. The van der Waals surface area contributed by atoms with Gasteiger partial charge in [0.05, 0.1) is 19.4 Å². The topological polar surface area (TPSA) is 59.9 Å². The van der Waals surface area contributed by atoms with Crippen LogP contribution < -0.4 is 14.9 Å². The van der Waals surface area contributed by atoms with Crippen molar-refractivity contribution in [3.05, 3.63) is 58.1 Å². The quantitative estimate of drug-likeness (QED) is 0.470. The second-order valence-corrected chi connectivity index (χ2v) is 6.52. The van der Waals surface area contributed by atoms with Crippen LogP contribution in [0.5, 0.6) is 11.5 Å². The molecule has 0 atom stereocenters. The van der Waals surface area contributed by atoms with Gasteiger partial charge in [0, 0.05) is 15.6 Å². The number of carbonyl (C=O) groups is 1. The number of nitrogens with zero attached hydrogens (tertiary/aromatic N) is 1. The predicted molar refractivity (Wildman–Crippen MR) is 107 cm³/mol. The Morgan fingerprint density at radius 2 is 1.77 bits per heavy atom. The van der Waals surface area contributed by atoms with Crippen LogP contribution in [0.2, 0.25) is 0 Å². The molecule has 0 saturated carbocycles. The minimum atomic E-state index is -0.283. The standard InChI is InChI=1S/C20H23BrN2O3/c1-3-11-25-18-8-5-15(6-9-18)20(24)23-22-14-16-13-17(21)7-10-19(16)26-12-4-2/h5-10,13-14H,3-4,11-12H2,1-2H3,(H,23,24)/b22-14+. The van der Waals surface area contributed by atoms with Gasteiger partial charge in [0.2, 0.25) is 0 Å². The molecule has 5 nitrogen and oxygen atoms in total. The average Bonchev–Trinajstić information content (AvgIpc) is 2.66. The number of amides is 1. The maximum atomic E-state index is 12.2. The first-order chi connectivity index (χ1) is 12.6. The third-order valence-electron chi connectivity index (χ3n) is 3.39. The zero-order valence-corrected chi connectivity index (χ0v) is 16.6. The molecule has 0 aromatic heterocycles. The molecule has 0 fully saturated rings. The fourth-order valence-corrected chi connectivity index (χ4v) is 2.49. The summed E-state index contributed by atoms with van der Waals surface area (Å²) >= 11 is 3.43. The smallest absolute Gasteiger partial charge is 0.271 e. The Balaban J connectivity index is 1.99. The average molecular weight is 419 g/mol. The highest BCUT2D eigenvalue weighted by Crippen LogP contribution is 2.22. The number of rotatable bonds is 9. The Kier molecular flexibility index (Phi) is 8.15. The maximum absolute atomic E-state index is 12.2. The second-order valence-electron chi connectivity index (χ2n) is 5.60. The molecule has 0 aliphatic heterocycles. The minimum Gasteiger partial charge on any atom is -0.494 e. The molecule has 0 unspecified atom stereocenters. The second kappa shape index (κ2) is 10.6. The first kappa shape index (κ1) is 20.0. The molecule has 2 aromatic carbocycles. The third-order valence-corrected chi connectivity index (χ3v) is 3.89. The van der Waals surface area contributed by atoms with Gasteiger partial charge in [-0.3, -0.25) is 4.79 Å². The Bertz CT molecular complexity index is 745. The van der Waals surface area contributed by atoms with E-state index in [-0.39, 0.29) is 5.91 Å². The highest BCUT2D eigenvalue weighted by atomic mass is 79.9. The Hall–Kier alpha value is -2.34.